The van der Waals surface area contributed by atoms with Gasteiger partial charge in [-0.15, -0.1) is 0 Å². The number of nitrogens with zero attached hydrogens (tertiary/aromatic N) is 3. The number of carbonyl (C=O) groups is 2. The molecular formula is C21H26N4O2. The summed E-state index contributed by atoms with van der Waals surface area (Å²) in [6.45, 7) is 3.13. The number of pyridine rings is 1. The lowest BCUT2D eigenvalue weighted by molar-refractivity contribution is -0.121. The van der Waals surface area contributed by atoms with E-state index in [2.05, 4.69) is 10.3 Å². The molecule has 0 spiro atoms. The zero-order valence-corrected chi connectivity index (χ0v) is 16.1. The first-order valence-electron chi connectivity index (χ1n) is 9.24. The van der Waals surface area contributed by atoms with E-state index in [4.69, 9.17) is 0 Å². The first-order valence-corrected chi connectivity index (χ1v) is 9.24. The number of aromatic nitrogens is 1. The van der Waals surface area contributed by atoms with Crippen LogP contribution in [0.3, 0.4) is 0 Å². The van der Waals surface area contributed by atoms with Crippen molar-refractivity contribution in [2.75, 3.05) is 37.4 Å². The van der Waals surface area contributed by atoms with Crippen molar-refractivity contribution in [3.63, 3.8) is 0 Å². The van der Waals surface area contributed by atoms with Crippen molar-refractivity contribution in [2.45, 2.75) is 19.8 Å². The molecule has 3 rings (SSSR count). The van der Waals surface area contributed by atoms with E-state index in [1.165, 1.54) is 0 Å². The average molecular weight is 366 g/mol. The summed E-state index contributed by atoms with van der Waals surface area (Å²) >= 11 is 0. The van der Waals surface area contributed by atoms with Gasteiger partial charge in [-0.2, -0.15) is 0 Å². The summed E-state index contributed by atoms with van der Waals surface area (Å²) in [6, 6.07) is 11.3. The molecule has 27 heavy (non-hydrogen) atoms. The average Bonchev–Trinajstić information content (AvgIpc) is 2.68. The van der Waals surface area contributed by atoms with Crippen molar-refractivity contribution in [3.8, 4) is 0 Å². The highest BCUT2D eigenvalue weighted by Gasteiger charge is 2.29. The molecular weight excluding hydrogens is 340 g/mol. The predicted molar refractivity (Wildman–Crippen MR) is 107 cm³/mol. The Morgan fingerprint density at radius 2 is 1.89 bits per heavy atom. The maximum atomic E-state index is 12.7. The molecule has 2 heterocycles. The van der Waals surface area contributed by atoms with Crippen LogP contribution in [-0.4, -0.2) is 48.9 Å². The van der Waals surface area contributed by atoms with Crippen LogP contribution < -0.4 is 10.2 Å². The van der Waals surface area contributed by atoms with Crippen LogP contribution >= 0.6 is 0 Å². The van der Waals surface area contributed by atoms with Crippen LogP contribution in [0.1, 0.15) is 28.8 Å². The molecule has 1 aromatic carbocycles. The maximum absolute atomic E-state index is 12.7. The first kappa shape index (κ1) is 18.9. The lowest BCUT2D eigenvalue weighted by atomic mass is 9.96. The van der Waals surface area contributed by atoms with Gasteiger partial charge in [0.15, 0.2) is 0 Å². The highest BCUT2D eigenvalue weighted by molar-refractivity contribution is 5.96. The van der Waals surface area contributed by atoms with Gasteiger partial charge in [0.25, 0.3) is 5.91 Å². The molecule has 1 fully saturated rings. The van der Waals surface area contributed by atoms with Crippen LogP contribution in [0.15, 0.2) is 42.6 Å². The minimum atomic E-state index is -0.207. The minimum absolute atomic E-state index is 0.00972. The smallest absolute Gasteiger partial charge is 0.253 e. The Kier molecular flexibility index (Phi) is 5.74. The van der Waals surface area contributed by atoms with Crippen molar-refractivity contribution in [1.82, 2.24) is 9.88 Å². The largest absolute Gasteiger partial charge is 0.363 e. The van der Waals surface area contributed by atoms with E-state index in [0.29, 0.717) is 24.3 Å². The normalized spacial score (nSPS) is 16.7. The van der Waals surface area contributed by atoms with E-state index < -0.39 is 0 Å². The Morgan fingerprint density at radius 1 is 1.15 bits per heavy atom. The molecule has 1 saturated heterocycles. The van der Waals surface area contributed by atoms with Gasteiger partial charge in [-0.3, -0.25) is 9.59 Å². The zero-order valence-electron chi connectivity index (χ0n) is 16.1. The fourth-order valence-electron chi connectivity index (χ4n) is 3.22. The molecule has 1 N–H and O–H groups in total. The molecule has 1 aliphatic heterocycles. The van der Waals surface area contributed by atoms with Crippen LogP contribution in [0.2, 0.25) is 0 Å². The summed E-state index contributed by atoms with van der Waals surface area (Å²) in [5.74, 6) is 0.558. The van der Waals surface area contributed by atoms with Crippen LogP contribution in [0.4, 0.5) is 11.5 Å². The molecule has 0 saturated carbocycles. The Bertz CT molecular complexity index is 800. The van der Waals surface area contributed by atoms with E-state index in [1.54, 1.807) is 11.1 Å². The van der Waals surface area contributed by atoms with Gasteiger partial charge in [0.05, 0.1) is 17.8 Å². The van der Waals surface area contributed by atoms with Gasteiger partial charge in [-0.25, -0.2) is 4.98 Å². The highest BCUT2D eigenvalue weighted by atomic mass is 16.2. The molecule has 0 aliphatic carbocycles. The fraction of sp³-hybridized carbons (Fsp3) is 0.381. The molecule has 1 atom stereocenters. The van der Waals surface area contributed by atoms with Gasteiger partial charge in [-0.1, -0.05) is 17.7 Å². The molecule has 1 unspecified atom stereocenters. The second-order valence-corrected chi connectivity index (χ2v) is 7.25. The topological polar surface area (TPSA) is 65.5 Å². The SMILES string of the molecule is Cc1ccc(C(=O)N2CCCC(C(=O)Nc3ccc(N(C)C)nc3)C2)cc1. The third kappa shape index (κ3) is 4.64. The summed E-state index contributed by atoms with van der Waals surface area (Å²) in [4.78, 5) is 33.4. The minimum Gasteiger partial charge on any atom is -0.363 e. The summed E-state index contributed by atoms with van der Waals surface area (Å²) in [6.07, 6.45) is 3.27. The van der Waals surface area contributed by atoms with Crippen molar-refractivity contribution in [2.24, 2.45) is 5.92 Å². The van der Waals surface area contributed by atoms with Crippen molar-refractivity contribution in [3.05, 3.63) is 53.7 Å². The molecule has 6 nitrogen and oxygen atoms in total. The Hall–Kier alpha value is -2.89. The molecule has 6 heteroatoms. The Labute approximate surface area is 160 Å². The summed E-state index contributed by atoms with van der Waals surface area (Å²) < 4.78 is 0. The van der Waals surface area contributed by atoms with E-state index in [-0.39, 0.29) is 17.7 Å². The molecule has 1 aromatic heterocycles. The number of carbonyl (C=O) groups excluding carboxylic acids is 2. The highest BCUT2D eigenvalue weighted by Crippen LogP contribution is 2.21. The van der Waals surface area contributed by atoms with Crippen molar-refractivity contribution in [1.29, 1.82) is 0 Å². The number of anilines is 2. The second-order valence-electron chi connectivity index (χ2n) is 7.25. The number of aryl methyl sites for hydroxylation is 1. The number of amides is 2. The number of likely N-dealkylation sites (tertiary alicyclic amines) is 1. The number of benzene rings is 1. The lowest BCUT2D eigenvalue weighted by Gasteiger charge is -2.32. The van der Waals surface area contributed by atoms with E-state index >= 15 is 0 Å². The number of piperidine rings is 1. The van der Waals surface area contributed by atoms with Gasteiger partial charge in [0, 0.05) is 32.7 Å². The molecule has 142 valence electrons. The fourth-order valence-corrected chi connectivity index (χ4v) is 3.22. The molecule has 0 radical (unpaired) electrons. The van der Waals surface area contributed by atoms with E-state index in [9.17, 15) is 9.59 Å². The van der Waals surface area contributed by atoms with Crippen LogP contribution in [-0.2, 0) is 4.79 Å². The molecule has 2 aromatic rings. The number of hydrogen-bond donors (Lipinski definition) is 1. The van der Waals surface area contributed by atoms with Gasteiger partial charge >= 0.3 is 0 Å². The van der Waals surface area contributed by atoms with Crippen molar-refractivity contribution >= 4 is 23.3 Å². The predicted octanol–water partition coefficient (Wildman–Crippen LogP) is 2.95. The zero-order chi connectivity index (χ0) is 19.4. The Balaban J connectivity index is 1.62. The number of rotatable bonds is 4. The maximum Gasteiger partial charge on any atom is 0.253 e. The summed E-state index contributed by atoms with van der Waals surface area (Å²) in [5, 5.41) is 2.93. The lowest BCUT2D eigenvalue weighted by Crippen LogP contribution is -2.43. The number of hydrogen-bond acceptors (Lipinski definition) is 4. The van der Waals surface area contributed by atoms with Crippen LogP contribution in [0.25, 0.3) is 0 Å². The van der Waals surface area contributed by atoms with E-state index in [1.807, 2.05) is 62.3 Å². The van der Waals surface area contributed by atoms with Gasteiger partial charge in [0.1, 0.15) is 5.82 Å². The van der Waals surface area contributed by atoms with Crippen LogP contribution in [0, 0.1) is 12.8 Å². The Morgan fingerprint density at radius 3 is 2.52 bits per heavy atom. The van der Waals surface area contributed by atoms with Crippen molar-refractivity contribution < 1.29 is 9.59 Å². The third-order valence-corrected chi connectivity index (χ3v) is 4.85. The monoisotopic (exact) mass is 366 g/mol. The molecule has 1 aliphatic rings. The quantitative estimate of drug-likeness (QED) is 0.904. The summed E-state index contributed by atoms with van der Waals surface area (Å²) in [5.41, 5.74) is 2.47. The second kappa shape index (κ2) is 8.20. The first-order chi connectivity index (χ1) is 12.9. The number of nitrogens with one attached hydrogen (secondary N) is 1. The van der Waals surface area contributed by atoms with Crippen LogP contribution in [0.5, 0.6) is 0 Å². The standard InChI is InChI=1S/C21H26N4O2/c1-15-6-8-16(9-7-15)21(27)25-12-4-5-17(14-25)20(26)23-18-10-11-19(22-13-18)24(2)3/h6-11,13,17H,4-5,12,14H2,1-3H3,(H,23,26). The summed E-state index contributed by atoms with van der Waals surface area (Å²) in [7, 11) is 3.84. The van der Waals surface area contributed by atoms with Gasteiger partial charge in [-0.05, 0) is 44.0 Å². The molecule has 0 bridgehead atoms. The van der Waals surface area contributed by atoms with Gasteiger partial charge in [0.2, 0.25) is 5.91 Å². The van der Waals surface area contributed by atoms with E-state index in [0.717, 1.165) is 24.2 Å². The van der Waals surface area contributed by atoms with Gasteiger partial charge < -0.3 is 15.1 Å². The molecule has 2 amide bonds. The third-order valence-electron chi connectivity index (χ3n) is 4.85.